The first-order valence-corrected chi connectivity index (χ1v) is 8.27. The molecule has 5 nitrogen and oxygen atoms in total. The maximum absolute atomic E-state index is 13.4. The highest BCUT2D eigenvalue weighted by Gasteiger charge is 2.40. The van der Waals surface area contributed by atoms with Gasteiger partial charge in [0, 0.05) is 37.1 Å². The molecule has 1 fully saturated rings. The number of nitrogens with zero attached hydrogens (tertiary/aromatic N) is 4. The highest BCUT2D eigenvalue weighted by molar-refractivity contribution is 5.57. The van der Waals surface area contributed by atoms with Gasteiger partial charge in [-0.25, -0.2) is 9.97 Å². The van der Waals surface area contributed by atoms with Crippen molar-refractivity contribution in [3.63, 3.8) is 0 Å². The quantitative estimate of drug-likeness (QED) is 0.805. The zero-order valence-corrected chi connectivity index (χ0v) is 15.1. The van der Waals surface area contributed by atoms with Gasteiger partial charge >= 0.3 is 6.18 Å². The van der Waals surface area contributed by atoms with Gasteiger partial charge in [-0.3, -0.25) is 4.98 Å². The van der Waals surface area contributed by atoms with Crippen molar-refractivity contribution in [1.29, 1.82) is 0 Å². The number of halogens is 3. The molecule has 0 bridgehead atoms. The lowest BCUT2D eigenvalue weighted by Gasteiger charge is -2.47. The Kier molecular flexibility index (Phi) is 4.42. The summed E-state index contributed by atoms with van der Waals surface area (Å²) in [6.07, 6.45) is -1.57. The van der Waals surface area contributed by atoms with Crippen molar-refractivity contribution >= 4 is 5.82 Å². The van der Waals surface area contributed by atoms with E-state index in [4.69, 9.17) is 4.74 Å². The predicted octanol–water partition coefficient (Wildman–Crippen LogP) is 3.95. The molecule has 3 heterocycles. The third-order valence-electron chi connectivity index (χ3n) is 3.94. The largest absolute Gasteiger partial charge is 0.433 e. The minimum absolute atomic E-state index is 0.00466. The zero-order chi connectivity index (χ0) is 19.2. The van der Waals surface area contributed by atoms with Gasteiger partial charge in [0.05, 0.1) is 11.2 Å². The van der Waals surface area contributed by atoms with Gasteiger partial charge in [0.15, 0.2) is 11.5 Å². The summed E-state index contributed by atoms with van der Waals surface area (Å²) in [5.74, 6) is 0.237. The predicted molar refractivity (Wildman–Crippen MR) is 91.7 cm³/mol. The van der Waals surface area contributed by atoms with E-state index in [2.05, 4.69) is 15.0 Å². The number of morpholine rings is 1. The van der Waals surface area contributed by atoms with E-state index in [1.165, 1.54) is 6.20 Å². The van der Waals surface area contributed by atoms with Gasteiger partial charge in [-0.2, -0.15) is 13.2 Å². The molecule has 140 valence electrons. The highest BCUT2D eigenvalue weighted by Crippen LogP contribution is 2.35. The molecule has 1 aliphatic heterocycles. The van der Waals surface area contributed by atoms with Gasteiger partial charge < -0.3 is 9.64 Å². The second-order valence-electron chi connectivity index (χ2n) is 7.65. The van der Waals surface area contributed by atoms with Crippen molar-refractivity contribution in [2.45, 2.75) is 45.1 Å². The Morgan fingerprint density at radius 1 is 1.08 bits per heavy atom. The molecule has 0 amide bonds. The van der Waals surface area contributed by atoms with E-state index in [9.17, 15) is 13.2 Å². The monoisotopic (exact) mass is 366 g/mol. The van der Waals surface area contributed by atoms with Crippen molar-refractivity contribution in [3.05, 3.63) is 36.3 Å². The van der Waals surface area contributed by atoms with E-state index < -0.39 is 23.1 Å². The Hall–Kier alpha value is -2.22. The van der Waals surface area contributed by atoms with Gasteiger partial charge in [0.25, 0.3) is 0 Å². The van der Waals surface area contributed by atoms with Crippen LogP contribution in [0, 0.1) is 0 Å². The van der Waals surface area contributed by atoms with E-state index in [1.807, 2.05) is 32.6 Å². The number of pyridine rings is 1. The zero-order valence-electron chi connectivity index (χ0n) is 15.1. The van der Waals surface area contributed by atoms with Crippen LogP contribution in [0.2, 0.25) is 0 Å². The van der Waals surface area contributed by atoms with Crippen LogP contribution < -0.4 is 4.90 Å². The van der Waals surface area contributed by atoms with Gasteiger partial charge in [-0.15, -0.1) is 0 Å². The first-order chi connectivity index (χ1) is 12.0. The standard InChI is InChI=1S/C18H21F3N4O/c1-16(2)10-25(11-17(3,4)26-16)14-8-13(18(19,20)21)23-15(24-14)12-6-5-7-22-9-12/h5-9H,10-11H2,1-4H3. The lowest BCUT2D eigenvalue weighted by molar-refractivity contribution is -0.141. The van der Waals surface area contributed by atoms with Crippen LogP contribution in [-0.4, -0.2) is 39.2 Å². The number of hydrogen-bond donors (Lipinski definition) is 0. The van der Waals surface area contributed by atoms with Gasteiger partial charge in [0.2, 0.25) is 0 Å². The number of hydrogen-bond acceptors (Lipinski definition) is 5. The third-order valence-corrected chi connectivity index (χ3v) is 3.94. The molecule has 0 unspecified atom stereocenters. The van der Waals surface area contributed by atoms with Crippen molar-refractivity contribution in [2.75, 3.05) is 18.0 Å². The second kappa shape index (κ2) is 6.19. The lowest BCUT2D eigenvalue weighted by Crippen LogP contribution is -2.57. The van der Waals surface area contributed by atoms with Gasteiger partial charge in [0.1, 0.15) is 5.82 Å². The minimum Gasteiger partial charge on any atom is -0.366 e. The number of alkyl halides is 3. The topological polar surface area (TPSA) is 51.1 Å². The Balaban J connectivity index is 2.09. The summed E-state index contributed by atoms with van der Waals surface area (Å²) in [5, 5.41) is 0. The Bertz CT molecular complexity index is 775. The SMILES string of the molecule is CC1(C)CN(c2cc(C(F)(F)F)nc(-c3cccnc3)n2)CC(C)(C)O1. The average molecular weight is 366 g/mol. The normalized spacial score (nSPS) is 19.4. The van der Waals surface area contributed by atoms with Crippen LogP contribution in [0.5, 0.6) is 0 Å². The summed E-state index contributed by atoms with van der Waals surface area (Å²) in [4.78, 5) is 13.9. The maximum atomic E-state index is 13.4. The molecule has 0 atom stereocenters. The van der Waals surface area contributed by atoms with Crippen LogP contribution in [0.15, 0.2) is 30.6 Å². The molecule has 0 spiro atoms. The summed E-state index contributed by atoms with van der Waals surface area (Å²) in [6.45, 7) is 8.50. The van der Waals surface area contributed by atoms with Gasteiger partial charge in [-0.05, 0) is 39.8 Å². The van der Waals surface area contributed by atoms with Crippen LogP contribution in [-0.2, 0) is 10.9 Å². The average Bonchev–Trinajstić information content (AvgIpc) is 2.51. The molecule has 0 aromatic carbocycles. The van der Waals surface area contributed by atoms with Gasteiger partial charge in [-0.1, -0.05) is 0 Å². The fourth-order valence-corrected chi connectivity index (χ4v) is 3.32. The van der Waals surface area contributed by atoms with E-state index in [1.54, 1.807) is 18.3 Å². The van der Waals surface area contributed by atoms with Crippen LogP contribution in [0.1, 0.15) is 33.4 Å². The van der Waals surface area contributed by atoms with Crippen LogP contribution >= 0.6 is 0 Å². The van der Waals surface area contributed by atoms with Crippen molar-refractivity contribution < 1.29 is 17.9 Å². The van der Waals surface area contributed by atoms with Crippen LogP contribution in [0.25, 0.3) is 11.4 Å². The Labute approximate surface area is 150 Å². The van der Waals surface area contributed by atoms with Crippen molar-refractivity contribution in [3.8, 4) is 11.4 Å². The molecule has 0 N–H and O–H groups in total. The Morgan fingerprint density at radius 2 is 1.73 bits per heavy atom. The smallest absolute Gasteiger partial charge is 0.366 e. The van der Waals surface area contributed by atoms with E-state index >= 15 is 0 Å². The fourth-order valence-electron chi connectivity index (χ4n) is 3.32. The van der Waals surface area contributed by atoms with Crippen LogP contribution in [0.3, 0.4) is 0 Å². The summed E-state index contributed by atoms with van der Waals surface area (Å²) in [6, 6.07) is 4.27. The first kappa shape index (κ1) is 18.6. The lowest BCUT2D eigenvalue weighted by atomic mass is 9.99. The summed E-state index contributed by atoms with van der Waals surface area (Å²) in [5.41, 5.74) is -1.56. The molecule has 1 aliphatic rings. The molecule has 0 aliphatic carbocycles. The van der Waals surface area contributed by atoms with Crippen LogP contribution in [0.4, 0.5) is 19.0 Å². The van der Waals surface area contributed by atoms with Crippen molar-refractivity contribution in [2.24, 2.45) is 0 Å². The molecular formula is C18H21F3N4O. The molecule has 3 rings (SSSR count). The molecule has 2 aromatic heterocycles. The second-order valence-corrected chi connectivity index (χ2v) is 7.65. The summed E-state index contributed by atoms with van der Waals surface area (Å²) < 4.78 is 46.2. The summed E-state index contributed by atoms with van der Waals surface area (Å²) in [7, 11) is 0. The maximum Gasteiger partial charge on any atom is 0.433 e. The number of aromatic nitrogens is 3. The first-order valence-electron chi connectivity index (χ1n) is 8.27. The van der Waals surface area contributed by atoms with E-state index in [0.29, 0.717) is 18.7 Å². The number of ether oxygens (including phenoxy) is 1. The molecule has 26 heavy (non-hydrogen) atoms. The molecular weight excluding hydrogens is 345 g/mol. The molecule has 8 heteroatoms. The number of rotatable bonds is 2. The minimum atomic E-state index is -4.56. The van der Waals surface area contributed by atoms with Crippen molar-refractivity contribution in [1.82, 2.24) is 15.0 Å². The van der Waals surface area contributed by atoms with E-state index in [-0.39, 0.29) is 11.6 Å². The molecule has 0 radical (unpaired) electrons. The molecule has 2 aromatic rings. The fraction of sp³-hybridized carbons (Fsp3) is 0.500. The molecule has 1 saturated heterocycles. The molecule has 0 saturated carbocycles. The van der Waals surface area contributed by atoms with E-state index in [0.717, 1.165) is 6.07 Å². The summed E-state index contributed by atoms with van der Waals surface area (Å²) >= 11 is 0. The number of anilines is 1. The Morgan fingerprint density at radius 3 is 2.27 bits per heavy atom. The third kappa shape index (κ3) is 4.12. The highest BCUT2D eigenvalue weighted by atomic mass is 19.4.